The average Bonchev–Trinajstić information content (AvgIpc) is 2.42. The van der Waals surface area contributed by atoms with Crippen LogP contribution in [0.1, 0.15) is 12.5 Å². The lowest BCUT2D eigenvalue weighted by molar-refractivity contribution is 0.165. The number of para-hydroxylation sites is 1. The van der Waals surface area contributed by atoms with Crippen molar-refractivity contribution in [2.75, 3.05) is 19.6 Å². The highest BCUT2D eigenvalue weighted by Gasteiger charge is 2.19. The molecule has 1 aromatic carbocycles. The van der Waals surface area contributed by atoms with E-state index in [0.29, 0.717) is 11.2 Å². The number of nitrogens with zero attached hydrogens (tertiary/aromatic N) is 2. The van der Waals surface area contributed by atoms with Gasteiger partial charge in [-0.25, -0.2) is 4.98 Å². The molecule has 1 saturated heterocycles. The highest BCUT2D eigenvalue weighted by molar-refractivity contribution is 6.30. The summed E-state index contributed by atoms with van der Waals surface area (Å²) in [7, 11) is 0. The van der Waals surface area contributed by atoms with Gasteiger partial charge in [0.25, 0.3) is 0 Å². The molecule has 3 rings (SSSR count). The summed E-state index contributed by atoms with van der Waals surface area (Å²) in [6, 6.07) is 10.8. The minimum atomic E-state index is 0.538. The molecule has 3 nitrogen and oxygen atoms in total. The Morgan fingerprint density at radius 3 is 3.11 bits per heavy atom. The third-order valence-electron chi connectivity index (χ3n) is 3.76. The fourth-order valence-electron chi connectivity index (χ4n) is 2.58. The third kappa shape index (κ3) is 2.73. The van der Waals surface area contributed by atoms with Crippen LogP contribution in [-0.2, 0) is 6.54 Å². The van der Waals surface area contributed by atoms with Gasteiger partial charge in [0.1, 0.15) is 5.15 Å². The van der Waals surface area contributed by atoms with Gasteiger partial charge < -0.3 is 5.32 Å². The van der Waals surface area contributed by atoms with Crippen LogP contribution in [0.5, 0.6) is 0 Å². The number of fused-ring (bicyclic) bond motifs is 1. The van der Waals surface area contributed by atoms with Crippen LogP contribution in [0.3, 0.4) is 0 Å². The summed E-state index contributed by atoms with van der Waals surface area (Å²) in [5.74, 6) is 0. The quantitative estimate of drug-likeness (QED) is 0.854. The van der Waals surface area contributed by atoms with Gasteiger partial charge >= 0.3 is 0 Å². The van der Waals surface area contributed by atoms with Crippen molar-refractivity contribution >= 4 is 22.5 Å². The summed E-state index contributed by atoms with van der Waals surface area (Å²) in [5.41, 5.74) is 2.08. The van der Waals surface area contributed by atoms with Crippen molar-refractivity contribution in [3.05, 3.63) is 41.0 Å². The molecule has 0 aliphatic carbocycles. The van der Waals surface area contributed by atoms with Gasteiger partial charge in [-0.2, -0.15) is 0 Å². The molecule has 100 valence electrons. The standard InChI is InChI=1S/C15H18ClN3/c1-11-9-17-6-7-19(11)10-13-8-12-4-2-3-5-14(12)18-15(13)16/h2-5,8,11,17H,6-7,9-10H2,1H3/t11-/m0/s1. The lowest BCUT2D eigenvalue weighted by Gasteiger charge is -2.34. The Hall–Kier alpha value is -1.16. The number of rotatable bonds is 2. The molecule has 4 heteroatoms. The van der Waals surface area contributed by atoms with E-state index in [-0.39, 0.29) is 0 Å². The Morgan fingerprint density at radius 1 is 1.42 bits per heavy atom. The summed E-state index contributed by atoms with van der Waals surface area (Å²) in [5, 5.41) is 5.19. The molecule has 0 spiro atoms. The molecule has 0 bridgehead atoms. The third-order valence-corrected chi connectivity index (χ3v) is 4.09. The number of pyridine rings is 1. The first-order chi connectivity index (χ1) is 9.24. The maximum absolute atomic E-state index is 6.32. The van der Waals surface area contributed by atoms with E-state index < -0.39 is 0 Å². The first-order valence-electron chi connectivity index (χ1n) is 6.73. The summed E-state index contributed by atoms with van der Waals surface area (Å²) < 4.78 is 0. The van der Waals surface area contributed by atoms with Crippen molar-refractivity contribution in [2.24, 2.45) is 0 Å². The number of hydrogen-bond acceptors (Lipinski definition) is 3. The van der Waals surface area contributed by atoms with Gasteiger partial charge in [0.2, 0.25) is 0 Å². The Kier molecular flexibility index (Phi) is 3.69. The van der Waals surface area contributed by atoms with Gasteiger partial charge in [-0.3, -0.25) is 4.90 Å². The summed E-state index contributed by atoms with van der Waals surface area (Å²) in [6.45, 7) is 6.26. The van der Waals surface area contributed by atoms with E-state index in [0.717, 1.165) is 42.6 Å². The van der Waals surface area contributed by atoms with E-state index in [9.17, 15) is 0 Å². The normalized spacial score (nSPS) is 20.8. The molecule has 1 aliphatic heterocycles. The maximum Gasteiger partial charge on any atom is 0.134 e. The molecular weight excluding hydrogens is 258 g/mol. The Morgan fingerprint density at radius 2 is 2.26 bits per heavy atom. The second kappa shape index (κ2) is 5.45. The molecule has 1 atom stereocenters. The fraction of sp³-hybridized carbons (Fsp3) is 0.400. The lowest BCUT2D eigenvalue weighted by atomic mass is 10.1. The van der Waals surface area contributed by atoms with Gasteiger partial charge in [0.15, 0.2) is 0 Å². The smallest absolute Gasteiger partial charge is 0.134 e. The van der Waals surface area contributed by atoms with Crippen LogP contribution in [-0.4, -0.2) is 35.6 Å². The number of halogens is 1. The molecule has 1 N–H and O–H groups in total. The van der Waals surface area contributed by atoms with Gasteiger partial charge in [-0.05, 0) is 19.1 Å². The van der Waals surface area contributed by atoms with Crippen LogP contribution in [0.15, 0.2) is 30.3 Å². The number of aromatic nitrogens is 1. The first kappa shape index (κ1) is 12.9. The van der Waals surface area contributed by atoms with Crippen molar-refractivity contribution in [1.82, 2.24) is 15.2 Å². The topological polar surface area (TPSA) is 28.2 Å². The second-order valence-corrected chi connectivity index (χ2v) is 5.51. The van der Waals surface area contributed by atoms with Crippen LogP contribution in [0.25, 0.3) is 10.9 Å². The Labute approximate surface area is 118 Å². The summed E-state index contributed by atoms with van der Waals surface area (Å²) in [6.07, 6.45) is 0. The SMILES string of the molecule is C[C@H]1CNCCN1Cc1cc2ccccc2nc1Cl. The molecule has 0 amide bonds. The predicted octanol–water partition coefficient (Wildman–Crippen LogP) is 2.68. The van der Waals surface area contributed by atoms with Crippen molar-refractivity contribution < 1.29 is 0 Å². The largest absolute Gasteiger partial charge is 0.314 e. The molecule has 1 fully saturated rings. The highest BCUT2D eigenvalue weighted by atomic mass is 35.5. The lowest BCUT2D eigenvalue weighted by Crippen LogP contribution is -2.49. The first-order valence-corrected chi connectivity index (χ1v) is 7.11. The number of benzene rings is 1. The van der Waals surface area contributed by atoms with E-state index in [1.807, 2.05) is 18.2 Å². The van der Waals surface area contributed by atoms with Gasteiger partial charge in [0, 0.05) is 43.2 Å². The summed E-state index contributed by atoms with van der Waals surface area (Å²) in [4.78, 5) is 6.94. The summed E-state index contributed by atoms with van der Waals surface area (Å²) >= 11 is 6.32. The molecule has 0 radical (unpaired) electrons. The molecule has 1 aliphatic rings. The predicted molar refractivity (Wildman–Crippen MR) is 79.5 cm³/mol. The van der Waals surface area contributed by atoms with Gasteiger partial charge in [0.05, 0.1) is 5.52 Å². The zero-order valence-electron chi connectivity index (χ0n) is 11.1. The number of hydrogen-bond donors (Lipinski definition) is 1. The van der Waals surface area contributed by atoms with E-state index in [2.05, 4.69) is 34.3 Å². The van der Waals surface area contributed by atoms with E-state index in [1.165, 1.54) is 0 Å². The monoisotopic (exact) mass is 275 g/mol. The molecule has 2 aromatic rings. The molecule has 0 saturated carbocycles. The van der Waals surface area contributed by atoms with Crippen LogP contribution in [0.4, 0.5) is 0 Å². The number of nitrogens with one attached hydrogen (secondary N) is 1. The van der Waals surface area contributed by atoms with Crippen molar-refractivity contribution in [1.29, 1.82) is 0 Å². The zero-order chi connectivity index (χ0) is 13.2. The fourth-order valence-corrected chi connectivity index (χ4v) is 2.79. The second-order valence-electron chi connectivity index (χ2n) is 5.15. The molecule has 2 heterocycles. The van der Waals surface area contributed by atoms with Crippen molar-refractivity contribution in [3.8, 4) is 0 Å². The van der Waals surface area contributed by atoms with Crippen LogP contribution in [0, 0.1) is 0 Å². The van der Waals surface area contributed by atoms with Crippen LogP contribution < -0.4 is 5.32 Å². The van der Waals surface area contributed by atoms with Gasteiger partial charge in [-0.1, -0.05) is 29.8 Å². The molecule has 1 aromatic heterocycles. The molecule has 19 heavy (non-hydrogen) atoms. The minimum absolute atomic E-state index is 0.538. The van der Waals surface area contributed by atoms with E-state index >= 15 is 0 Å². The Bertz CT molecular complexity index is 585. The van der Waals surface area contributed by atoms with Crippen LogP contribution >= 0.6 is 11.6 Å². The van der Waals surface area contributed by atoms with E-state index in [4.69, 9.17) is 11.6 Å². The number of piperazine rings is 1. The highest BCUT2D eigenvalue weighted by Crippen LogP contribution is 2.22. The Balaban J connectivity index is 1.89. The van der Waals surface area contributed by atoms with Crippen LogP contribution in [0.2, 0.25) is 5.15 Å². The molecular formula is C15H18ClN3. The molecule has 0 unspecified atom stereocenters. The maximum atomic E-state index is 6.32. The minimum Gasteiger partial charge on any atom is -0.314 e. The van der Waals surface area contributed by atoms with Crippen molar-refractivity contribution in [3.63, 3.8) is 0 Å². The average molecular weight is 276 g/mol. The zero-order valence-corrected chi connectivity index (χ0v) is 11.8. The van der Waals surface area contributed by atoms with Gasteiger partial charge in [-0.15, -0.1) is 0 Å². The van der Waals surface area contributed by atoms with Crippen molar-refractivity contribution in [2.45, 2.75) is 19.5 Å². The van der Waals surface area contributed by atoms with E-state index in [1.54, 1.807) is 0 Å².